The highest BCUT2D eigenvalue weighted by molar-refractivity contribution is 9.10. The molecular weight excluding hydrogens is 354 g/mol. The van der Waals surface area contributed by atoms with Crippen molar-refractivity contribution in [2.45, 2.75) is 4.90 Å². The number of hydrogen-bond donors (Lipinski definition) is 2. The summed E-state index contributed by atoms with van der Waals surface area (Å²) in [6.45, 7) is 0. The van der Waals surface area contributed by atoms with Crippen molar-refractivity contribution in [1.82, 2.24) is 0 Å². The van der Waals surface area contributed by atoms with E-state index < -0.39 is 0 Å². The largest absolute Gasteiger partial charge is 0.503 e. The number of carbonyl (C=O) groups excluding carboxylic acids is 1. The fourth-order valence-corrected chi connectivity index (χ4v) is 2.67. The van der Waals surface area contributed by atoms with Gasteiger partial charge in [0, 0.05) is 16.1 Å². The minimum Gasteiger partial charge on any atom is -0.503 e. The molecule has 1 amide bonds. The third-order valence-electron chi connectivity index (χ3n) is 2.84. The summed E-state index contributed by atoms with van der Waals surface area (Å²) in [7, 11) is 1.44. The van der Waals surface area contributed by atoms with Gasteiger partial charge >= 0.3 is 0 Å². The lowest BCUT2D eigenvalue weighted by Crippen LogP contribution is -2.12. The van der Waals surface area contributed by atoms with Crippen LogP contribution < -0.4 is 10.1 Å². The van der Waals surface area contributed by atoms with Crippen LogP contribution in [0.3, 0.4) is 0 Å². The van der Waals surface area contributed by atoms with E-state index >= 15 is 0 Å². The lowest BCUT2D eigenvalue weighted by molar-refractivity contribution is 0.102. The maximum Gasteiger partial charge on any atom is 0.255 e. The number of nitrogens with one attached hydrogen (secondary N) is 1. The summed E-state index contributed by atoms with van der Waals surface area (Å²) in [5.41, 5.74) is 1.11. The van der Waals surface area contributed by atoms with Gasteiger partial charge in [0.05, 0.1) is 11.6 Å². The molecule has 6 heteroatoms. The number of phenols is 1. The van der Waals surface area contributed by atoms with Crippen LogP contribution in [0.1, 0.15) is 10.4 Å². The molecule has 2 rings (SSSR count). The highest BCUT2D eigenvalue weighted by atomic mass is 79.9. The minimum absolute atomic E-state index is 0.0292. The van der Waals surface area contributed by atoms with Gasteiger partial charge in [0.15, 0.2) is 11.5 Å². The van der Waals surface area contributed by atoms with Crippen LogP contribution in [0.2, 0.25) is 0 Å². The minimum atomic E-state index is -0.271. The number of anilines is 1. The molecule has 4 nitrogen and oxygen atoms in total. The number of phenolic OH excluding ortho intramolecular Hbond substituents is 1. The normalized spacial score (nSPS) is 10.2. The molecule has 2 aromatic carbocycles. The quantitative estimate of drug-likeness (QED) is 0.797. The molecule has 0 radical (unpaired) electrons. The van der Waals surface area contributed by atoms with Gasteiger partial charge in [-0.2, -0.15) is 0 Å². The first-order valence-corrected chi connectivity index (χ1v) is 8.09. The molecule has 0 aliphatic rings. The van der Waals surface area contributed by atoms with E-state index in [1.54, 1.807) is 17.8 Å². The van der Waals surface area contributed by atoms with Crippen molar-refractivity contribution in [3.63, 3.8) is 0 Å². The maximum absolute atomic E-state index is 12.3. The van der Waals surface area contributed by atoms with Crippen LogP contribution in [0.4, 0.5) is 5.69 Å². The number of hydrogen-bond acceptors (Lipinski definition) is 4. The van der Waals surface area contributed by atoms with Crippen molar-refractivity contribution in [3.8, 4) is 11.5 Å². The third-order valence-corrected chi connectivity index (χ3v) is 4.17. The molecule has 0 atom stereocenters. The van der Waals surface area contributed by atoms with Crippen molar-refractivity contribution in [2.24, 2.45) is 0 Å². The van der Waals surface area contributed by atoms with E-state index in [-0.39, 0.29) is 17.4 Å². The predicted octanol–water partition coefficient (Wildman–Crippen LogP) is 4.14. The van der Waals surface area contributed by atoms with Crippen molar-refractivity contribution < 1.29 is 14.6 Å². The van der Waals surface area contributed by atoms with Gasteiger partial charge < -0.3 is 15.2 Å². The predicted molar refractivity (Wildman–Crippen MR) is 88.5 cm³/mol. The van der Waals surface area contributed by atoms with E-state index in [2.05, 4.69) is 21.2 Å². The van der Waals surface area contributed by atoms with Gasteiger partial charge in [-0.25, -0.2) is 0 Å². The van der Waals surface area contributed by atoms with Gasteiger partial charge in [0.1, 0.15) is 0 Å². The van der Waals surface area contributed by atoms with Crippen molar-refractivity contribution in [2.75, 3.05) is 18.7 Å². The number of rotatable bonds is 4. The number of thioether (sulfide) groups is 1. The first-order chi connectivity index (χ1) is 10.0. The number of halogens is 1. The summed E-state index contributed by atoms with van der Waals surface area (Å²) in [5.74, 6) is -0.0573. The van der Waals surface area contributed by atoms with Gasteiger partial charge in [-0.05, 0) is 52.5 Å². The molecule has 0 saturated heterocycles. The zero-order valence-electron chi connectivity index (χ0n) is 11.5. The molecule has 0 heterocycles. The smallest absolute Gasteiger partial charge is 0.255 e. The first kappa shape index (κ1) is 15.7. The molecule has 0 aliphatic carbocycles. The Kier molecular flexibility index (Phi) is 5.14. The number of aromatic hydroxyl groups is 1. The second kappa shape index (κ2) is 6.87. The van der Waals surface area contributed by atoms with Gasteiger partial charge in [0.25, 0.3) is 5.91 Å². The maximum atomic E-state index is 12.3. The molecule has 21 heavy (non-hydrogen) atoms. The fraction of sp³-hybridized carbons (Fsp3) is 0.133. The van der Waals surface area contributed by atoms with E-state index in [1.165, 1.54) is 13.2 Å². The molecule has 2 N–H and O–H groups in total. The van der Waals surface area contributed by atoms with Crippen molar-refractivity contribution in [1.29, 1.82) is 0 Å². The SMILES string of the molecule is COc1cc(C(=O)Nc2cccc(SC)c2)cc(Br)c1O. The zero-order chi connectivity index (χ0) is 15.4. The summed E-state index contributed by atoms with van der Waals surface area (Å²) in [5, 5.41) is 12.6. The van der Waals surface area contributed by atoms with E-state index in [9.17, 15) is 9.90 Å². The molecule has 2 aromatic rings. The summed E-state index contributed by atoms with van der Waals surface area (Å²) >= 11 is 4.81. The molecule has 0 saturated carbocycles. The standard InChI is InChI=1S/C15H14BrNO3S/c1-20-13-7-9(6-12(16)14(13)18)15(19)17-10-4-3-5-11(8-10)21-2/h3-8,18H,1-2H3,(H,17,19). The summed E-state index contributed by atoms with van der Waals surface area (Å²) in [6.07, 6.45) is 1.98. The first-order valence-electron chi connectivity index (χ1n) is 6.07. The highest BCUT2D eigenvalue weighted by Gasteiger charge is 2.14. The number of carbonyl (C=O) groups is 1. The Bertz CT molecular complexity index is 676. The third kappa shape index (κ3) is 3.71. The monoisotopic (exact) mass is 367 g/mol. The van der Waals surface area contributed by atoms with E-state index in [0.717, 1.165) is 10.6 Å². The zero-order valence-corrected chi connectivity index (χ0v) is 13.9. The lowest BCUT2D eigenvalue weighted by Gasteiger charge is -2.10. The van der Waals surface area contributed by atoms with Crippen LogP contribution in [0.15, 0.2) is 45.8 Å². The average molecular weight is 368 g/mol. The molecule has 0 aliphatic heterocycles. The number of methoxy groups -OCH3 is 1. The van der Waals surface area contributed by atoms with Gasteiger partial charge in [-0.15, -0.1) is 11.8 Å². The Morgan fingerprint density at radius 1 is 1.33 bits per heavy atom. The Hall–Kier alpha value is -1.66. The molecule has 0 spiro atoms. The number of ether oxygens (including phenoxy) is 1. The van der Waals surface area contributed by atoms with Crippen LogP contribution in [0.25, 0.3) is 0 Å². The second-order valence-electron chi connectivity index (χ2n) is 4.20. The summed E-state index contributed by atoms with van der Waals surface area (Å²) in [4.78, 5) is 13.3. The molecular formula is C15H14BrNO3S. The van der Waals surface area contributed by atoms with Gasteiger partial charge in [-0.1, -0.05) is 6.07 Å². The van der Waals surface area contributed by atoms with Gasteiger partial charge in [-0.3, -0.25) is 4.79 Å². The van der Waals surface area contributed by atoms with E-state index in [1.807, 2.05) is 30.5 Å². The Morgan fingerprint density at radius 2 is 2.10 bits per heavy atom. The average Bonchev–Trinajstić information content (AvgIpc) is 2.50. The summed E-state index contributed by atoms with van der Waals surface area (Å²) < 4.78 is 5.45. The molecule has 0 bridgehead atoms. The Morgan fingerprint density at radius 3 is 2.76 bits per heavy atom. The molecule has 110 valence electrons. The summed E-state index contributed by atoms with van der Waals surface area (Å²) in [6, 6.07) is 10.6. The number of benzene rings is 2. The topological polar surface area (TPSA) is 58.6 Å². The van der Waals surface area contributed by atoms with Crippen molar-refractivity contribution >= 4 is 39.3 Å². The van der Waals surface area contributed by atoms with Crippen LogP contribution in [0.5, 0.6) is 11.5 Å². The van der Waals surface area contributed by atoms with Crippen LogP contribution in [0, 0.1) is 0 Å². The second-order valence-corrected chi connectivity index (χ2v) is 5.93. The van der Waals surface area contributed by atoms with Crippen LogP contribution in [-0.4, -0.2) is 24.4 Å². The molecule has 0 fully saturated rings. The molecule has 0 unspecified atom stereocenters. The van der Waals surface area contributed by atoms with Gasteiger partial charge in [0.2, 0.25) is 0 Å². The Balaban J connectivity index is 2.26. The van der Waals surface area contributed by atoms with Crippen molar-refractivity contribution in [3.05, 3.63) is 46.4 Å². The lowest BCUT2D eigenvalue weighted by atomic mass is 10.2. The van der Waals surface area contributed by atoms with Crippen LogP contribution in [-0.2, 0) is 0 Å². The Labute approximate surface area is 135 Å². The van der Waals surface area contributed by atoms with E-state index in [0.29, 0.717) is 10.0 Å². The molecule has 0 aromatic heterocycles. The van der Waals surface area contributed by atoms with E-state index in [4.69, 9.17) is 4.74 Å². The fourth-order valence-electron chi connectivity index (χ4n) is 1.76. The number of amides is 1. The van der Waals surface area contributed by atoms with Crippen LogP contribution >= 0.6 is 27.7 Å². The highest BCUT2D eigenvalue weighted by Crippen LogP contribution is 2.35.